The average Bonchev–Trinajstić information content (AvgIpc) is 3.19. The Kier molecular flexibility index (Phi) is 6.83. The molecule has 0 spiro atoms. The molecule has 2 amide bonds. The molecule has 32 heavy (non-hydrogen) atoms. The number of amides is 2. The first kappa shape index (κ1) is 23.7. The summed E-state index contributed by atoms with van der Waals surface area (Å²) >= 11 is 1.33. The highest BCUT2D eigenvalue weighted by atomic mass is 32.1. The first-order valence-corrected chi connectivity index (χ1v) is 11.5. The molecule has 7 nitrogen and oxygen atoms in total. The number of fused-ring (bicyclic) bond motifs is 1. The summed E-state index contributed by atoms with van der Waals surface area (Å²) in [5, 5.41) is 4.68. The quantitative estimate of drug-likeness (QED) is 0.594. The highest BCUT2D eigenvalue weighted by Crippen LogP contribution is 2.22. The van der Waals surface area contributed by atoms with Gasteiger partial charge in [-0.3, -0.25) is 14.4 Å². The van der Waals surface area contributed by atoms with Crippen LogP contribution in [0.5, 0.6) is 0 Å². The van der Waals surface area contributed by atoms with E-state index < -0.39 is 6.04 Å². The van der Waals surface area contributed by atoms with Crippen LogP contribution in [0, 0.1) is 5.92 Å². The molecule has 3 aromatic rings. The van der Waals surface area contributed by atoms with Crippen molar-refractivity contribution in [1.82, 2.24) is 20.2 Å². The maximum atomic E-state index is 13.1. The van der Waals surface area contributed by atoms with Crippen molar-refractivity contribution < 1.29 is 9.59 Å². The number of benzene rings is 1. The first-order valence-electron chi connectivity index (χ1n) is 10.6. The number of likely N-dealkylation sites (N-methyl/N-ethyl adjacent to an activating group) is 1. The van der Waals surface area contributed by atoms with Gasteiger partial charge in [-0.05, 0) is 40.5 Å². The fourth-order valence-electron chi connectivity index (χ4n) is 3.40. The second-order valence-electron chi connectivity index (χ2n) is 9.36. The maximum absolute atomic E-state index is 13.1. The number of carbonyl (C=O) groups excluding carboxylic acids is 2. The number of carbonyl (C=O) groups is 2. The Labute approximate surface area is 191 Å². The topological polar surface area (TPSA) is 95.2 Å². The zero-order valence-electron chi connectivity index (χ0n) is 19.4. The van der Waals surface area contributed by atoms with Crippen LogP contribution in [0.15, 0.2) is 40.5 Å². The largest absolute Gasteiger partial charge is 0.340 e. The predicted molar refractivity (Wildman–Crippen MR) is 128 cm³/mol. The zero-order chi connectivity index (χ0) is 23.6. The SMILES string of the molecule is CC(C)[C@@H](NC(=O)c1ccc(C(C)(C)C)cc1)C(=O)N(C)Cc1nc2ccsc2c(=O)[nH]1. The number of hydrogen-bond donors (Lipinski definition) is 2. The van der Waals surface area contributed by atoms with E-state index in [1.165, 1.54) is 16.2 Å². The van der Waals surface area contributed by atoms with Crippen LogP contribution in [-0.2, 0) is 16.8 Å². The van der Waals surface area contributed by atoms with Crippen LogP contribution < -0.4 is 10.9 Å². The van der Waals surface area contributed by atoms with Gasteiger partial charge in [0.15, 0.2) is 0 Å². The molecule has 0 aliphatic carbocycles. The van der Waals surface area contributed by atoms with E-state index >= 15 is 0 Å². The smallest absolute Gasteiger partial charge is 0.268 e. The van der Waals surface area contributed by atoms with Crippen molar-refractivity contribution in [3.05, 3.63) is 63.0 Å². The highest BCUT2D eigenvalue weighted by molar-refractivity contribution is 7.17. The third kappa shape index (κ3) is 5.24. The fourth-order valence-corrected chi connectivity index (χ4v) is 4.12. The van der Waals surface area contributed by atoms with Crippen LogP contribution in [0.1, 0.15) is 56.4 Å². The summed E-state index contributed by atoms with van der Waals surface area (Å²) in [4.78, 5) is 46.8. The second kappa shape index (κ2) is 9.24. The Hall–Kier alpha value is -3.00. The van der Waals surface area contributed by atoms with E-state index in [9.17, 15) is 14.4 Å². The normalized spacial score (nSPS) is 12.7. The summed E-state index contributed by atoms with van der Waals surface area (Å²) < 4.78 is 0.563. The van der Waals surface area contributed by atoms with Crippen molar-refractivity contribution >= 4 is 33.4 Å². The summed E-state index contributed by atoms with van der Waals surface area (Å²) in [6.07, 6.45) is 0. The molecule has 0 aliphatic heterocycles. The van der Waals surface area contributed by atoms with Gasteiger partial charge < -0.3 is 15.2 Å². The maximum Gasteiger partial charge on any atom is 0.268 e. The Morgan fingerprint density at radius 3 is 2.41 bits per heavy atom. The van der Waals surface area contributed by atoms with Crippen LogP contribution in [0.4, 0.5) is 0 Å². The van der Waals surface area contributed by atoms with E-state index in [2.05, 4.69) is 36.1 Å². The van der Waals surface area contributed by atoms with Gasteiger partial charge in [0.1, 0.15) is 16.6 Å². The van der Waals surface area contributed by atoms with Crippen molar-refractivity contribution in [2.75, 3.05) is 7.05 Å². The zero-order valence-corrected chi connectivity index (χ0v) is 20.2. The number of H-pyrrole nitrogens is 1. The van der Waals surface area contributed by atoms with Crippen LogP contribution in [0.3, 0.4) is 0 Å². The standard InChI is InChI=1S/C24H30N4O3S/c1-14(2)19(27-21(29)15-7-9-16(10-8-15)24(3,4)5)23(31)28(6)13-18-25-17-11-12-32-20(17)22(30)26-18/h7-12,14,19H,13H2,1-6H3,(H,27,29)(H,25,26,30)/t19-/m1/s1. The van der Waals surface area contributed by atoms with Crippen LogP contribution >= 0.6 is 11.3 Å². The van der Waals surface area contributed by atoms with E-state index in [0.29, 0.717) is 21.6 Å². The Morgan fingerprint density at radius 1 is 1.16 bits per heavy atom. The molecule has 1 aromatic carbocycles. The van der Waals surface area contributed by atoms with E-state index in [-0.39, 0.29) is 35.3 Å². The number of rotatable bonds is 6. The summed E-state index contributed by atoms with van der Waals surface area (Å²) in [6, 6.07) is 8.53. The van der Waals surface area contributed by atoms with Gasteiger partial charge in [0.05, 0.1) is 12.1 Å². The molecule has 2 aromatic heterocycles. The monoisotopic (exact) mass is 454 g/mol. The molecule has 0 saturated carbocycles. The van der Waals surface area contributed by atoms with E-state index in [1.54, 1.807) is 25.2 Å². The molecule has 0 bridgehead atoms. The molecule has 0 radical (unpaired) electrons. The minimum absolute atomic E-state index is 0.00477. The van der Waals surface area contributed by atoms with Gasteiger partial charge in [-0.2, -0.15) is 0 Å². The second-order valence-corrected chi connectivity index (χ2v) is 10.3. The number of thiophene rings is 1. The molecule has 0 fully saturated rings. The van der Waals surface area contributed by atoms with Gasteiger partial charge in [-0.15, -0.1) is 11.3 Å². The van der Waals surface area contributed by atoms with Gasteiger partial charge >= 0.3 is 0 Å². The average molecular weight is 455 g/mol. The van der Waals surface area contributed by atoms with Crippen molar-refractivity contribution in [2.24, 2.45) is 5.92 Å². The van der Waals surface area contributed by atoms with Crippen molar-refractivity contribution in [1.29, 1.82) is 0 Å². The molecule has 1 atom stereocenters. The first-order chi connectivity index (χ1) is 15.0. The molecular formula is C24H30N4O3S. The lowest BCUT2D eigenvalue weighted by atomic mass is 9.86. The number of hydrogen-bond acceptors (Lipinski definition) is 5. The molecule has 3 rings (SSSR count). The van der Waals surface area contributed by atoms with E-state index in [0.717, 1.165) is 5.56 Å². The third-order valence-electron chi connectivity index (χ3n) is 5.36. The van der Waals surface area contributed by atoms with Gasteiger partial charge in [0.2, 0.25) is 5.91 Å². The Balaban J connectivity index is 1.73. The lowest BCUT2D eigenvalue weighted by molar-refractivity contribution is -0.133. The Morgan fingerprint density at radius 2 is 1.81 bits per heavy atom. The van der Waals surface area contributed by atoms with Crippen molar-refractivity contribution in [3.8, 4) is 0 Å². The van der Waals surface area contributed by atoms with Gasteiger partial charge in [-0.25, -0.2) is 4.98 Å². The predicted octanol–water partition coefficient (Wildman–Crippen LogP) is 3.70. The minimum Gasteiger partial charge on any atom is -0.340 e. The number of aromatic nitrogens is 2. The number of aromatic amines is 1. The van der Waals surface area contributed by atoms with Gasteiger partial charge in [-0.1, -0.05) is 46.8 Å². The molecule has 2 heterocycles. The van der Waals surface area contributed by atoms with Crippen molar-refractivity contribution in [3.63, 3.8) is 0 Å². The number of nitrogens with zero attached hydrogens (tertiary/aromatic N) is 2. The lowest BCUT2D eigenvalue weighted by Gasteiger charge is -2.27. The molecule has 170 valence electrons. The van der Waals surface area contributed by atoms with E-state index in [4.69, 9.17) is 0 Å². The molecule has 0 unspecified atom stereocenters. The Bertz CT molecular complexity index is 1170. The minimum atomic E-state index is -0.702. The molecule has 0 aliphatic rings. The van der Waals surface area contributed by atoms with Crippen LogP contribution in [0.25, 0.3) is 10.2 Å². The van der Waals surface area contributed by atoms with Gasteiger partial charge in [0, 0.05) is 12.6 Å². The lowest BCUT2D eigenvalue weighted by Crippen LogP contribution is -2.50. The third-order valence-corrected chi connectivity index (χ3v) is 6.26. The van der Waals surface area contributed by atoms with Crippen molar-refractivity contribution in [2.45, 2.75) is 52.6 Å². The van der Waals surface area contributed by atoms with Crippen LogP contribution in [-0.4, -0.2) is 39.8 Å². The van der Waals surface area contributed by atoms with E-state index in [1.807, 2.05) is 31.4 Å². The summed E-state index contributed by atoms with van der Waals surface area (Å²) in [5.41, 5.74) is 2.03. The summed E-state index contributed by atoms with van der Waals surface area (Å²) in [5.74, 6) is -0.248. The molecular weight excluding hydrogens is 424 g/mol. The fraction of sp³-hybridized carbons (Fsp3) is 0.417. The molecule has 2 N–H and O–H groups in total. The molecule has 0 saturated heterocycles. The van der Waals surface area contributed by atoms with Crippen LogP contribution in [0.2, 0.25) is 0 Å². The highest BCUT2D eigenvalue weighted by Gasteiger charge is 2.28. The van der Waals surface area contributed by atoms with Gasteiger partial charge in [0.25, 0.3) is 11.5 Å². The molecule has 8 heteroatoms. The summed E-state index contributed by atoms with van der Waals surface area (Å²) in [6.45, 7) is 10.3. The number of nitrogens with one attached hydrogen (secondary N) is 2. The summed E-state index contributed by atoms with van der Waals surface area (Å²) in [7, 11) is 1.64.